The van der Waals surface area contributed by atoms with Gasteiger partial charge in [0.05, 0.1) is 0 Å². The van der Waals surface area contributed by atoms with Gasteiger partial charge in [-0.3, -0.25) is 9.69 Å². The molecule has 1 aromatic carbocycles. The van der Waals surface area contributed by atoms with Gasteiger partial charge in [-0.05, 0) is 69.7 Å². The summed E-state index contributed by atoms with van der Waals surface area (Å²) >= 11 is 0. The number of amides is 1. The maximum Gasteiger partial charge on any atom is 0.225 e. The van der Waals surface area contributed by atoms with Gasteiger partial charge in [-0.15, -0.1) is 0 Å². The maximum absolute atomic E-state index is 13.5. The van der Waals surface area contributed by atoms with Gasteiger partial charge in [0.15, 0.2) is 0 Å². The van der Waals surface area contributed by atoms with E-state index < -0.39 is 0 Å². The Morgan fingerprint density at radius 3 is 2.41 bits per heavy atom. The molecule has 2 aliphatic heterocycles. The van der Waals surface area contributed by atoms with Crippen LogP contribution < -0.4 is 4.90 Å². The number of carbonyl (C=O) groups excluding carboxylic acids is 1. The number of nitrogens with zero attached hydrogens (tertiary/aromatic N) is 3. The second-order valence-corrected chi connectivity index (χ2v) is 8.68. The van der Waals surface area contributed by atoms with E-state index in [0.717, 1.165) is 70.4 Å². The minimum Gasteiger partial charge on any atom is -0.368 e. The van der Waals surface area contributed by atoms with E-state index in [0.29, 0.717) is 18.0 Å². The van der Waals surface area contributed by atoms with Crippen LogP contribution >= 0.6 is 0 Å². The van der Waals surface area contributed by atoms with Crippen LogP contribution in [0.15, 0.2) is 18.2 Å². The molecule has 4 rings (SSSR count). The Bertz CT molecular complexity index is 676. The average Bonchev–Trinajstić information content (AvgIpc) is 3.10. The van der Waals surface area contributed by atoms with E-state index in [4.69, 9.17) is 0 Å². The van der Waals surface area contributed by atoms with Crippen molar-refractivity contribution >= 4 is 11.6 Å². The third-order valence-corrected chi connectivity index (χ3v) is 6.82. The molecule has 5 heteroatoms. The van der Waals surface area contributed by atoms with E-state index in [9.17, 15) is 9.18 Å². The number of benzene rings is 1. The lowest BCUT2D eigenvalue weighted by Crippen LogP contribution is -2.52. The number of fused-ring (bicyclic) bond motifs is 1. The number of hydrogen-bond acceptors (Lipinski definition) is 3. The van der Waals surface area contributed by atoms with Gasteiger partial charge in [0.1, 0.15) is 5.82 Å². The van der Waals surface area contributed by atoms with Crippen molar-refractivity contribution in [3.05, 3.63) is 29.6 Å². The van der Waals surface area contributed by atoms with Gasteiger partial charge in [-0.25, -0.2) is 4.39 Å². The Morgan fingerprint density at radius 1 is 1.04 bits per heavy atom. The molecule has 1 aromatic rings. The van der Waals surface area contributed by atoms with Crippen LogP contribution in [-0.4, -0.2) is 60.5 Å². The van der Waals surface area contributed by atoms with Crippen molar-refractivity contribution in [3.63, 3.8) is 0 Å². The van der Waals surface area contributed by atoms with Crippen LogP contribution in [0.2, 0.25) is 0 Å². The highest BCUT2D eigenvalue weighted by Gasteiger charge is 2.34. The lowest BCUT2D eigenvalue weighted by Gasteiger charge is -2.40. The van der Waals surface area contributed by atoms with Crippen LogP contribution in [-0.2, 0) is 11.2 Å². The number of carbonyl (C=O) groups is 1. The largest absolute Gasteiger partial charge is 0.368 e. The predicted molar refractivity (Wildman–Crippen MR) is 106 cm³/mol. The number of hydrogen-bond donors (Lipinski definition) is 0. The minimum absolute atomic E-state index is 0.137. The van der Waals surface area contributed by atoms with Crippen molar-refractivity contribution in [1.82, 2.24) is 9.80 Å². The third kappa shape index (κ3) is 3.84. The number of piperazine rings is 1. The molecule has 0 aromatic heterocycles. The first-order chi connectivity index (χ1) is 13.0. The zero-order valence-corrected chi connectivity index (χ0v) is 16.7. The molecule has 148 valence electrons. The van der Waals surface area contributed by atoms with Gasteiger partial charge >= 0.3 is 0 Å². The van der Waals surface area contributed by atoms with Crippen LogP contribution in [0.4, 0.5) is 10.1 Å². The zero-order chi connectivity index (χ0) is 19.0. The molecule has 0 radical (unpaired) electrons. The summed E-state index contributed by atoms with van der Waals surface area (Å²) in [6.07, 6.45) is 5.05. The molecule has 1 saturated carbocycles. The molecule has 0 unspecified atom stereocenters. The Labute approximate surface area is 162 Å². The molecule has 0 bridgehead atoms. The van der Waals surface area contributed by atoms with E-state index in [1.807, 2.05) is 6.07 Å². The Hall–Kier alpha value is -1.62. The predicted octanol–water partition coefficient (Wildman–Crippen LogP) is 3.30. The van der Waals surface area contributed by atoms with E-state index >= 15 is 0 Å². The van der Waals surface area contributed by atoms with Crippen molar-refractivity contribution in [2.24, 2.45) is 5.92 Å². The molecular weight excluding hydrogens is 341 g/mol. The summed E-state index contributed by atoms with van der Waals surface area (Å²) in [7, 11) is 0. The summed E-state index contributed by atoms with van der Waals surface area (Å²) < 4.78 is 13.5. The average molecular weight is 374 g/mol. The summed E-state index contributed by atoms with van der Waals surface area (Å²) in [6.45, 7) is 9.19. The first-order valence-electron chi connectivity index (χ1n) is 10.6. The molecule has 4 nitrogen and oxygen atoms in total. The number of rotatable bonds is 3. The van der Waals surface area contributed by atoms with Crippen LogP contribution in [0.3, 0.4) is 0 Å². The number of anilines is 1. The quantitative estimate of drug-likeness (QED) is 0.813. The summed E-state index contributed by atoms with van der Waals surface area (Å²) in [5, 5.41) is 0. The van der Waals surface area contributed by atoms with Crippen molar-refractivity contribution in [2.75, 3.05) is 37.6 Å². The Kier molecular flexibility index (Phi) is 5.40. The van der Waals surface area contributed by atoms with Gasteiger partial charge in [0.2, 0.25) is 5.91 Å². The molecule has 0 spiro atoms. The lowest BCUT2D eigenvalue weighted by molar-refractivity contribution is -0.138. The van der Waals surface area contributed by atoms with E-state index in [-0.39, 0.29) is 11.7 Å². The SMILES string of the molecule is CC(C)N1CCN(C(=O)[C@H]2CC[C@@H](N3CCc4cc(F)ccc43)CC2)CC1. The molecule has 1 aliphatic carbocycles. The van der Waals surface area contributed by atoms with Gasteiger partial charge < -0.3 is 9.80 Å². The van der Waals surface area contributed by atoms with Crippen molar-refractivity contribution in [2.45, 2.75) is 58.0 Å². The third-order valence-electron chi connectivity index (χ3n) is 6.82. The lowest BCUT2D eigenvalue weighted by atomic mass is 9.84. The fraction of sp³-hybridized carbons (Fsp3) is 0.682. The molecule has 1 saturated heterocycles. The molecule has 0 N–H and O–H groups in total. The molecule has 3 aliphatic rings. The molecule has 1 amide bonds. The van der Waals surface area contributed by atoms with E-state index in [2.05, 4.69) is 28.5 Å². The van der Waals surface area contributed by atoms with Crippen molar-refractivity contribution in [1.29, 1.82) is 0 Å². The second kappa shape index (κ2) is 7.78. The number of halogens is 1. The first kappa shape index (κ1) is 18.7. The van der Waals surface area contributed by atoms with Gasteiger partial charge in [0, 0.05) is 56.4 Å². The normalized spacial score (nSPS) is 26.5. The summed E-state index contributed by atoms with van der Waals surface area (Å²) in [5.74, 6) is 0.436. The standard InChI is InChI=1S/C22H32FN3O/c1-16(2)24-11-13-25(14-12-24)22(27)17-3-6-20(7-4-17)26-10-9-18-15-19(23)5-8-21(18)26/h5,8,15-17,20H,3-4,6-7,9-14H2,1-2H3/t17-,20+. The minimum atomic E-state index is -0.137. The van der Waals surface area contributed by atoms with Gasteiger partial charge in [-0.2, -0.15) is 0 Å². The van der Waals surface area contributed by atoms with E-state index in [1.165, 1.54) is 5.69 Å². The van der Waals surface area contributed by atoms with Crippen LogP contribution in [0.25, 0.3) is 0 Å². The Balaban J connectivity index is 1.30. The summed E-state index contributed by atoms with van der Waals surface area (Å²) in [6, 6.07) is 6.25. The van der Waals surface area contributed by atoms with Crippen LogP contribution in [0.5, 0.6) is 0 Å². The molecule has 0 atom stereocenters. The molecular formula is C22H32FN3O. The summed E-state index contributed by atoms with van der Waals surface area (Å²) in [4.78, 5) is 19.9. The molecule has 2 heterocycles. The van der Waals surface area contributed by atoms with Gasteiger partial charge in [-0.1, -0.05) is 0 Å². The second-order valence-electron chi connectivity index (χ2n) is 8.68. The molecule has 2 fully saturated rings. The van der Waals surface area contributed by atoms with Gasteiger partial charge in [0.25, 0.3) is 0 Å². The fourth-order valence-corrected chi connectivity index (χ4v) is 5.13. The summed E-state index contributed by atoms with van der Waals surface area (Å²) in [5.41, 5.74) is 2.34. The highest BCUT2D eigenvalue weighted by molar-refractivity contribution is 5.79. The van der Waals surface area contributed by atoms with Crippen molar-refractivity contribution < 1.29 is 9.18 Å². The molecule has 27 heavy (non-hydrogen) atoms. The highest BCUT2D eigenvalue weighted by Crippen LogP contribution is 2.36. The maximum atomic E-state index is 13.5. The van der Waals surface area contributed by atoms with Crippen LogP contribution in [0, 0.1) is 11.7 Å². The van der Waals surface area contributed by atoms with E-state index in [1.54, 1.807) is 12.1 Å². The topological polar surface area (TPSA) is 26.8 Å². The first-order valence-corrected chi connectivity index (χ1v) is 10.6. The van der Waals surface area contributed by atoms with Crippen LogP contribution in [0.1, 0.15) is 45.1 Å². The Morgan fingerprint density at radius 2 is 1.74 bits per heavy atom. The smallest absolute Gasteiger partial charge is 0.225 e. The fourth-order valence-electron chi connectivity index (χ4n) is 5.13. The van der Waals surface area contributed by atoms with Crippen molar-refractivity contribution in [3.8, 4) is 0 Å². The monoisotopic (exact) mass is 373 g/mol. The zero-order valence-electron chi connectivity index (χ0n) is 16.7. The highest BCUT2D eigenvalue weighted by atomic mass is 19.1.